The third kappa shape index (κ3) is 3.14. The molecule has 78 valence electrons. The second-order valence-electron chi connectivity index (χ2n) is 4.51. The molecule has 2 atom stereocenters. The Bertz CT molecular complexity index is 141. The summed E-state index contributed by atoms with van der Waals surface area (Å²) < 4.78 is 5.54. The van der Waals surface area contributed by atoms with E-state index in [9.17, 15) is 0 Å². The molecule has 2 unspecified atom stereocenters. The van der Waals surface area contributed by atoms with Gasteiger partial charge >= 0.3 is 0 Å². The van der Waals surface area contributed by atoms with Gasteiger partial charge in [-0.2, -0.15) is 0 Å². The van der Waals surface area contributed by atoms with E-state index in [1.54, 1.807) is 0 Å². The summed E-state index contributed by atoms with van der Waals surface area (Å²) in [4.78, 5) is 0. The molecule has 0 bridgehead atoms. The van der Waals surface area contributed by atoms with Crippen LogP contribution in [0.1, 0.15) is 39.5 Å². The van der Waals surface area contributed by atoms with Crippen molar-refractivity contribution in [1.82, 2.24) is 0 Å². The minimum atomic E-state index is 0.287. The number of rotatable bonds is 4. The maximum absolute atomic E-state index is 6.06. The topological polar surface area (TPSA) is 9.23 Å². The highest BCUT2D eigenvalue weighted by molar-refractivity contribution is 6.18. The smallest absolute Gasteiger partial charge is 0.0533 e. The molecule has 2 heteroatoms. The summed E-state index contributed by atoms with van der Waals surface area (Å²) >= 11 is 6.06. The number of hydrogen-bond acceptors (Lipinski definition) is 1. The van der Waals surface area contributed by atoms with Gasteiger partial charge < -0.3 is 4.74 Å². The van der Waals surface area contributed by atoms with Crippen LogP contribution in [-0.4, -0.2) is 19.1 Å². The molecular weight excluding hydrogens is 184 g/mol. The summed E-state index contributed by atoms with van der Waals surface area (Å²) in [5.41, 5.74) is 0.287. The second-order valence-corrected chi connectivity index (χ2v) is 4.77. The maximum atomic E-state index is 6.06. The lowest BCUT2D eigenvalue weighted by atomic mass is 9.77. The van der Waals surface area contributed by atoms with Gasteiger partial charge in [-0.1, -0.05) is 20.3 Å². The Kier molecular flexibility index (Phi) is 4.54. The lowest BCUT2D eigenvalue weighted by molar-refractivity contribution is -0.00744. The molecule has 13 heavy (non-hydrogen) atoms. The second kappa shape index (κ2) is 5.21. The normalized spacial score (nSPS) is 31.6. The molecule has 1 aliphatic heterocycles. The van der Waals surface area contributed by atoms with Gasteiger partial charge in [0.25, 0.3) is 0 Å². The Morgan fingerprint density at radius 1 is 1.54 bits per heavy atom. The van der Waals surface area contributed by atoms with Gasteiger partial charge in [0, 0.05) is 17.9 Å². The molecule has 1 fully saturated rings. The number of ether oxygens (including phenoxy) is 1. The summed E-state index contributed by atoms with van der Waals surface area (Å²) in [5.74, 6) is 1.54. The number of hydrogen-bond donors (Lipinski definition) is 0. The zero-order chi connectivity index (χ0) is 9.73. The van der Waals surface area contributed by atoms with Crippen molar-refractivity contribution in [2.45, 2.75) is 39.5 Å². The predicted octanol–water partition coefficient (Wildman–Crippen LogP) is 3.46. The van der Waals surface area contributed by atoms with Crippen molar-refractivity contribution in [2.75, 3.05) is 19.1 Å². The van der Waals surface area contributed by atoms with Crippen LogP contribution >= 0.6 is 11.6 Å². The lowest BCUT2D eigenvalue weighted by Crippen LogP contribution is -2.35. The Labute approximate surface area is 86.8 Å². The first kappa shape index (κ1) is 11.3. The molecule has 0 amide bonds. The Balaban J connectivity index is 2.47. The Hall–Kier alpha value is 0.250. The van der Waals surface area contributed by atoms with Crippen molar-refractivity contribution in [1.29, 1.82) is 0 Å². The molecule has 0 N–H and O–H groups in total. The first-order valence-corrected chi connectivity index (χ1v) is 5.89. The van der Waals surface area contributed by atoms with E-state index in [2.05, 4.69) is 13.8 Å². The first-order valence-electron chi connectivity index (χ1n) is 5.36. The van der Waals surface area contributed by atoms with Crippen molar-refractivity contribution in [3.63, 3.8) is 0 Å². The largest absolute Gasteiger partial charge is 0.381 e. The highest BCUT2D eigenvalue weighted by atomic mass is 35.5. The van der Waals surface area contributed by atoms with Gasteiger partial charge in [0.15, 0.2) is 0 Å². The van der Waals surface area contributed by atoms with E-state index in [4.69, 9.17) is 16.3 Å². The molecule has 0 aromatic rings. The van der Waals surface area contributed by atoms with Gasteiger partial charge in [0.2, 0.25) is 0 Å². The summed E-state index contributed by atoms with van der Waals surface area (Å²) in [5, 5.41) is 0. The van der Waals surface area contributed by atoms with Crippen LogP contribution < -0.4 is 0 Å². The summed E-state index contributed by atoms with van der Waals surface area (Å²) in [6.45, 7) is 6.36. The fourth-order valence-electron chi connectivity index (χ4n) is 2.11. The van der Waals surface area contributed by atoms with Crippen LogP contribution in [0.2, 0.25) is 0 Å². The highest BCUT2D eigenvalue weighted by Gasteiger charge is 2.33. The van der Waals surface area contributed by atoms with Crippen LogP contribution in [0.3, 0.4) is 0 Å². The standard InChI is InChI=1S/C11H21ClO/c1-3-10(2)7-11(8-12)5-4-6-13-9-11/h10H,3-9H2,1-2H3. The molecule has 1 nitrogen and oxygen atoms in total. The molecule has 0 spiro atoms. The molecule has 1 aliphatic rings. The SMILES string of the molecule is CCC(C)CC1(CCl)CCCOC1. The molecule has 0 aliphatic carbocycles. The third-order valence-electron chi connectivity index (χ3n) is 3.17. The van der Waals surface area contributed by atoms with Gasteiger partial charge in [-0.15, -0.1) is 11.6 Å². The van der Waals surface area contributed by atoms with Crippen LogP contribution in [0.4, 0.5) is 0 Å². The Morgan fingerprint density at radius 3 is 2.77 bits per heavy atom. The molecule has 1 rings (SSSR count). The van der Waals surface area contributed by atoms with Crippen molar-refractivity contribution in [3.8, 4) is 0 Å². The molecule has 0 radical (unpaired) electrons. The van der Waals surface area contributed by atoms with Crippen LogP contribution in [-0.2, 0) is 4.74 Å². The zero-order valence-electron chi connectivity index (χ0n) is 8.81. The van der Waals surface area contributed by atoms with E-state index in [-0.39, 0.29) is 5.41 Å². The van der Waals surface area contributed by atoms with Crippen LogP contribution in [0, 0.1) is 11.3 Å². The molecule has 0 aromatic carbocycles. The highest BCUT2D eigenvalue weighted by Crippen LogP contribution is 2.37. The molecule has 0 aromatic heterocycles. The van der Waals surface area contributed by atoms with E-state index in [1.165, 1.54) is 25.7 Å². The average Bonchev–Trinajstić information content (AvgIpc) is 2.19. The average molecular weight is 205 g/mol. The van der Waals surface area contributed by atoms with E-state index in [0.29, 0.717) is 0 Å². The number of halogens is 1. The fourth-order valence-corrected chi connectivity index (χ4v) is 2.43. The minimum absolute atomic E-state index is 0.287. The fraction of sp³-hybridized carbons (Fsp3) is 1.00. The lowest BCUT2D eigenvalue weighted by Gasteiger charge is -2.37. The van der Waals surface area contributed by atoms with E-state index < -0.39 is 0 Å². The third-order valence-corrected chi connectivity index (χ3v) is 3.73. The van der Waals surface area contributed by atoms with Gasteiger partial charge in [-0.3, -0.25) is 0 Å². The van der Waals surface area contributed by atoms with Gasteiger partial charge in [0.05, 0.1) is 6.61 Å². The molecule has 1 heterocycles. The summed E-state index contributed by atoms with van der Waals surface area (Å²) in [7, 11) is 0. The van der Waals surface area contributed by atoms with Crippen LogP contribution in [0.25, 0.3) is 0 Å². The number of alkyl halides is 1. The minimum Gasteiger partial charge on any atom is -0.381 e. The summed E-state index contributed by atoms with van der Waals surface area (Å²) in [6, 6.07) is 0. The Morgan fingerprint density at radius 2 is 2.31 bits per heavy atom. The van der Waals surface area contributed by atoms with E-state index >= 15 is 0 Å². The maximum Gasteiger partial charge on any atom is 0.0533 e. The van der Waals surface area contributed by atoms with Crippen molar-refractivity contribution >= 4 is 11.6 Å². The van der Waals surface area contributed by atoms with Crippen LogP contribution in [0.5, 0.6) is 0 Å². The van der Waals surface area contributed by atoms with Gasteiger partial charge in [-0.05, 0) is 25.2 Å². The molecule has 1 saturated heterocycles. The van der Waals surface area contributed by atoms with Gasteiger partial charge in [0.1, 0.15) is 0 Å². The van der Waals surface area contributed by atoms with E-state index in [0.717, 1.165) is 25.0 Å². The van der Waals surface area contributed by atoms with E-state index in [1.807, 2.05) is 0 Å². The van der Waals surface area contributed by atoms with Crippen molar-refractivity contribution in [2.24, 2.45) is 11.3 Å². The van der Waals surface area contributed by atoms with Crippen molar-refractivity contribution < 1.29 is 4.74 Å². The van der Waals surface area contributed by atoms with Gasteiger partial charge in [-0.25, -0.2) is 0 Å². The quantitative estimate of drug-likeness (QED) is 0.638. The molecular formula is C11H21ClO. The van der Waals surface area contributed by atoms with Crippen LogP contribution in [0.15, 0.2) is 0 Å². The molecule has 0 saturated carbocycles. The summed E-state index contributed by atoms with van der Waals surface area (Å²) in [6.07, 6.45) is 4.91. The first-order chi connectivity index (χ1) is 6.22. The zero-order valence-corrected chi connectivity index (χ0v) is 9.57. The monoisotopic (exact) mass is 204 g/mol. The predicted molar refractivity (Wildman–Crippen MR) is 57.3 cm³/mol. The van der Waals surface area contributed by atoms with Crippen molar-refractivity contribution in [3.05, 3.63) is 0 Å².